The first-order valence-electron chi connectivity index (χ1n) is 6.86. The normalized spacial score (nSPS) is 22.4. The summed E-state index contributed by atoms with van der Waals surface area (Å²) >= 11 is 12.5. The number of benzene rings is 1. The molecule has 2 rings (SSSR count). The van der Waals surface area contributed by atoms with E-state index in [1.165, 1.54) is 0 Å². The Hall–Kier alpha value is -0.790. The van der Waals surface area contributed by atoms with Gasteiger partial charge in [-0.25, -0.2) is 0 Å². The third-order valence-corrected chi connectivity index (χ3v) is 4.70. The van der Waals surface area contributed by atoms with Crippen LogP contribution in [0.15, 0.2) is 18.2 Å². The van der Waals surface area contributed by atoms with E-state index in [1.54, 1.807) is 18.2 Å². The van der Waals surface area contributed by atoms with Gasteiger partial charge >= 0.3 is 0 Å². The molecule has 0 spiro atoms. The summed E-state index contributed by atoms with van der Waals surface area (Å²) in [6.45, 7) is 4.85. The summed E-state index contributed by atoms with van der Waals surface area (Å²) in [6.07, 6.45) is 1.07. The quantitative estimate of drug-likeness (QED) is 0.854. The van der Waals surface area contributed by atoms with Crippen LogP contribution in [0.2, 0.25) is 10.0 Å². The number of piperazine rings is 1. The first kappa shape index (κ1) is 15.6. The smallest absolute Gasteiger partial charge is 0.126 e. The van der Waals surface area contributed by atoms with Gasteiger partial charge < -0.3 is 4.90 Å². The second kappa shape index (κ2) is 6.78. The van der Waals surface area contributed by atoms with E-state index < -0.39 is 0 Å². The van der Waals surface area contributed by atoms with Crippen molar-refractivity contribution in [2.75, 3.05) is 26.7 Å². The number of nitrogens with zero attached hydrogens (tertiary/aromatic N) is 3. The summed E-state index contributed by atoms with van der Waals surface area (Å²) in [5.74, 6) is 0. The van der Waals surface area contributed by atoms with Crippen molar-refractivity contribution < 1.29 is 0 Å². The van der Waals surface area contributed by atoms with E-state index in [4.69, 9.17) is 23.2 Å². The highest BCUT2D eigenvalue weighted by atomic mass is 35.5. The van der Waals surface area contributed by atoms with Crippen LogP contribution in [-0.4, -0.2) is 42.5 Å². The molecule has 5 heteroatoms. The maximum Gasteiger partial charge on any atom is 0.126 e. The van der Waals surface area contributed by atoms with Gasteiger partial charge in [0.2, 0.25) is 0 Å². The molecule has 0 bridgehead atoms. The standard InChI is InChI=1S/C15H19Cl2N3/c1-3-11-10-20(8-7-19(11)2)14(9-18)15-12(16)5-4-6-13(15)17/h4-6,11,14H,3,7-8,10H2,1-2H3. The average molecular weight is 312 g/mol. The zero-order valence-electron chi connectivity index (χ0n) is 11.8. The monoisotopic (exact) mass is 311 g/mol. The van der Waals surface area contributed by atoms with E-state index in [9.17, 15) is 5.26 Å². The molecule has 1 aromatic rings. The number of halogens is 2. The van der Waals surface area contributed by atoms with Gasteiger partial charge in [-0.3, -0.25) is 4.90 Å². The van der Waals surface area contributed by atoms with Crippen molar-refractivity contribution in [3.05, 3.63) is 33.8 Å². The average Bonchev–Trinajstić information content (AvgIpc) is 2.44. The Balaban J connectivity index is 2.27. The largest absolute Gasteiger partial charge is 0.301 e. The molecule has 0 radical (unpaired) electrons. The lowest BCUT2D eigenvalue weighted by atomic mass is 10.0. The number of nitriles is 1. The molecule has 1 heterocycles. The van der Waals surface area contributed by atoms with Gasteiger partial charge in [0, 0.05) is 41.3 Å². The van der Waals surface area contributed by atoms with Gasteiger partial charge in [-0.2, -0.15) is 5.26 Å². The Morgan fingerprint density at radius 1 is 1.35 bits per heavy atom. The molecule has 2 atom stereocenters. The summed E-state index contributed by atoms with van der Waals surface area (Å²) in [6, 6.07) is 7.86. The van der Waals surface area contributed by atoms with Crippen molar-refractivity contribution in [2.24, 2.45) is 0 Å². The Kier molecular flexibility index (Phi) is 5.29. The molecular weight excluding hydrogens is 293 g/mol. The van der Waals surface area contributed by atoms with Crippen LogP contribution < -0.4 is 0 Å². The molecule has 1 saturated heterocycles. The fourth-order valence-electron chi connectivity index (χ4n) is 2.75. The molecule has 108 valence electrons. The Morgan fingerprint density at radius 3 is 2.55 bits per heavy atom. The fourth-order valence-corrected chi connectivity index (χ4v) is 3.35. The maximum absolute atomic E-state index is 9.58. The van der Waals surface area contributed by atoms with Gasteiger partial charge in [-0.05, 0) is 25.6 Å². The van der Waals surface area contributed by atoms with Crippen molar-refractivity contribution in [3.63, 3.8) is 0 Å². The summed E-state index contributed by atoms with van der Waals surface area (Å²) in [5.41, 5.74) is 0.734. The fraction of sp³-hybridized carbons (Fsp3) is 0.533. The van der Waals surface area contributed by atoms with Gasteiger partial charge in [0.05, 0.1) is 6.07 Å². The number of rotatable bonds is 3. The van der Waals surface area contributed by atoms with Crippen molar-refractivity contribution in [1.29, 1.82) is 5.26 Å². The summed E-state index contributed by atoms with van der Waals surface area (Å²) < 4.78 is 0. The molecule has 1 aliphatic rings. The van der Waals surface area contributed by atoms with Crippen LogP contribution in [0.4, 0.5) is 0 Å². The minimum Gasteiger partial charge on any atom is -0.301 e. The molecule has 0 N–H and O–H groups in total. The highest BCUT2D eigenvalue weighted by Crippen LogP contribution is 2.34. The van der Waals surface area contributed by atoms with Crippen LogP contribution in [0.5, 0.6) is 0 Å². The highest BCUT2D eigenvalue weighted by Gasteiger charge is 2.30. The minimum atomic E-state index is -0.376. The molecular formula is C15H19Cl2N3. The van der Waals surface area contributed by atoms with E-state index in [0.29, 0.717) is 16.1 Å². The van der Waals surface area contributed by atoms with Gasteiger partial charge in [-0.15, -0.1) is 0 Å². The molecule has 0 saturated carbocycles. The Labute approximate surface area is 130 Å². The molecule has 0 amide bonds. The number of hydrogen-bond donors (Lipinski definition) is 0. The van der Waals surface area contributed by atoms with Crippen molar-refractivity contribution in [1.82, 2.24) is 9.80 Å². The van der Waals surface area contributed by atoms with Crippen molar-refractivity contribution >= 4 is 23.2 Å². The predicted molar refractivity (Wildman–Crippen MR) is 83.1 cm³/mol. The minimum absolute atomic E-state index is 0.376. The van der Waals surface area contributed by atoms with Crippen LogP contribution in [0.25, 0.3) is 0 Å². The highest BCUT2D eigenvalue weighted by molar-refractivity contribution is 6.36. The van der Waals surface area contributed by atoms with E-state index in [0.717, 1.165) is 31.6 Å². The molecule has 1 aliphatic heterocycles. The second-order valence-electron chi connectivity index (χ2n) is 5.20. The lowest BCUT2D eigenvalue weighted by molar-refractivity contribution is 0.0774. The van der Waals surface area contributed by atoms with Crippen LogP contribution in [0.1, 0.15) is 24.9 Å². The summed E-state index contributed by atoms with van der Waals surface area (Å²) in [5, 5.41) is 10.7. The second-order valence-corrected chi connectivity index (χ2v) is 6.02. The Bertz CT molecular complexity index is 492. The molecule has 0 aromatic heterocycles. The first-order valence-corrected chi connectivity index (χ1v) is 7.61. The van der Waals surface area contributed by atoms with E-state index in [-0.39, 0.29) is 6.04 Å². The lowest BCUT2D eigenvalue weighted by Crippen LogP contribution is -2.51. The van der Waals surface area contributed by atoms with Crippen LogP contribution in [0, 0.1) is 11.3 Å². The summed E-state index contributed by atoms with van der Waals surface area (Å²) in [4.78, 5) is 4.53. The molecule has 1 fully saturated rings. The SMILES string of the molecule is CCC1CN(C(C#N)c2c(Cl)cccc2Cl)CCN1C. The van der Waals surface area contributed by atoms with Crippen LogP contribution in [0.3, 0.4) is 0 Å². The topological polar surface area (TPSA) is 30.3 Å². The van der Waals surface area contributed by atoms with Gasteiger partial charge in [0.15, 0.2) is 0 Å². The predicted octanol–water partition coefficient (Wildman–Crippen LogP) is 3.58. The van der Waals surface area contributed by atoms with E-state index in [2.05, 4.69) is 29.8 Å². The van der Waals surface area contributed by atoms with Crippen molar-refractivity contribution in [2.45, 2.75) is 25.4 Å². The maximum atomic E-state index is 9.58. The number of likely N-dealkylation sites (N-methyl/N-ethyl adjacent to an activating group) is 1. The summed E-state index contributed by atoms with van der Waals surface area (Å²) in [7, 11) is 2.13. The Morgan fingerprint density at radius 2 is 2.00 bits per heavy atom. The van der Waals surface area contributed by atoms with E-state index in [1.807, 2.05) is 0 Å². The number of hydrogen-bond acceptors (Lipinski definition) is 3. The molecule has 1 aromatic carbocycles. The zero-order valence-corrected chi connectivity index (χ0v) is 13.3. The van der Waals surface area contributed by atoms with Gasteiger partial charge in [0.25, 0.3) is 0 Å². The van der Waals surface area contributed by atoms with Gasteiger partial charge in [0.1, 0.15) is 6.04 Å². The molecule has 0 aliphatic carbocycles. The van der Waals surface area contributed by atoms with Crippen LogP contribution in [-0.2, 0) is 0 Å². The van der Waals surface area contributed by atoms with Crippen molar-refractivity contribution in [3.8, 4) is 6.07 Å². The molecule has 2 unspecified atom stereocenters. The third-order valence-electron chi connectivity index (χ3n) is 4.04. The third kappa shape index (κ3) is 3.10. The van der Waals surface area contributed by atoms with Crippen LogP contribution >= 0.6 is 23.2 Å². The van der Waals surface area contributed by atoms with E-state index >= 15 is 0 Å². The molecule has 20 heavy (non-hydrogen) atoms. The molecule has 3 nitrogen and oxygen atoms in total. The van der Waals surface area contributed by atoms with Gasteiger partial charge in [-0.1, -0.05) is 36.2 Å². The first-order chi connectivity index (χ1) is 9.58. The zero-order chi connectivity index (χ0) is 14.7. The lowest BCUT2D eigenvalue weighted by Gasteiger charge is -2.41.